The highest BCUT2D eigenvalue weighted by atomic mass is 32.1. The second kappa shape index (κ2) is 4.65. The number of hydrazine groups is 1. The van der Waals surface area contributed by atoms with Gasteiger partial charge in [-0.25, -0.2) is 5.43 Å². The minimum absolute atomic E-state index is 0.156. The van der Waals surface area contributed by atoms with Gasteiger partial charge in [-0.1, -0.05) is 18.2 Å². The molecule has 19 heavy (non-hydrogen) atoms. The number of aryl methyl sites for hydroxylation is 1. The quantitative estimate of drug-likeness (QED) is 0.502. The minimum Gasteiger partial charge on any atom is -0.384 e. The van der Waals surface area contributed by atoms with Crippen molar-refractivity contribution in [3.8, 4) is 0 Å². The number of rotatable bonds is 3. The molecule has 6 heteroatoms. The average molecular weight is 273 g/mol. The smallest absolute Gasteiger partial charge is 0.126 e. The van der Waals surface area contributed by atoms with E-state index in [4.69, 9.17) is 11.6 Å². The van der Waals surface area contributed by atoms with Crippen molar-refractivity contribution in [2.75, 3.05) is 5.73 Å². The number of nitrogens with one attached hydrogen (secondary N) is 1. The molecule has 0 saturated heterocycles. The van der Waals surface area contributed by atoms with Crippen LogP contribution in [-0.2, 0) is 7.05 Å². The highest BCUT2D eigenvalue weighted by Crippen LogP contribution is 2.33. The second-order valence-electron chi connectivity index (χ2n) is 4.39. The van der Waals surface area contributed by atoms with Gasteiger partial charge in [-0.15, -0.1) is 11.3 Å². The van der Waals surface area contributed by atoms with Crippen molar-refractivity contribution in [3.05, 3.63) is 47.0 Å². The van der Waals surface area contributed by atoms with Gasteiger partial charge in [0.05, 0.1) is 12.2 Å². The van der Waals surface area contributed by atoms with Crippen LogP contribution in [0.1, 0.15) is 17.2 Å². The number of hydrogen-bond acceptors (Lipinski definition) is 5. The third kappa shape index (κ3) is 1.90. The maximum atomic E-state index is 6.04. The molecular formula is C13H15N5S. The summed E-state index contributed by atoms with van der Waals surface area (Å²) in [7, 11) is 1.82. The largest absolute Gasteiger partial charge is 0.384 e. The van der Waals surface area contributed by atoms with E-state index < -0.39 is 0 Å². The summed E-state index contributed by atoms with van der Waals surface area (Å²) in [5.41, 5.74) is 10.9. The highest BCUT2D eigenvalue weighted by molar-refractivity contribution is 7.17. The molecule has 2 heterocycles. The molecule has 0 amide bonds. The molecule has 2 aromatic heterocycles. The monoisotopic (exact) mass is 273 g/mol. The van der Waals surface area contributed by atoms with Crippen molar-refractivity contribution in [1.29, 1.82) is 0 Å². The molecule has 1 unspecified atom stereocenters. The Balaban J connectivity index is 2.17. The van der Waals surface area contributed by atoms with Gasteiger partial charge >= 0.3 is 0 Å². The first-order chi connectivity index (χ1) is 9.22. The Morgan fingerprint density at radius 3 is 2.84 bits per heavy atom. The molecule has 1 atom stereocenters. The van der Waals surface area contributed by atoms with E-state index in [9.17, 15) is 0 Å². The van der Waals surface area contributed by atoms with Crippen LogP contribution in [0.4, 0.5) is 5.82 Å². The molecule has 0 fully saturated rings. The molecule has 3 aromatic rings. The Bertz CT molecular complexity index is 715. The maximum absolute atomic E-state index is 6.04. The van der Waals surface area contributed by atoms with E-state index >= 15 is 0 Å². The molecule has 0 spiro atoms. The zero-order chi connectivity index (χ0) is 13.4. The number of benzene rings is 1. The van der Waals surface area contributed by atoms with E-state index in [1.54, 1.807) is 22.2 Å². The van der Waals surface area contributed by atoms with Gasteiger partial charge in [-0.3, -0.25) is 10.5 Å². The number of hydrogen-bond donors (Lipinski definition) is 3. The summed E-state index contributed by atoms with van der Waals surface area (Å²) in [6.07, 6.45) is 1.76. The van der Waals surface area contributed by atoms with Gasteiger partial charge in [0, 0.05) is 17.3 Å². The van der Waals surface area contributed by atoms with E-state index in [2.05, 4.69) is 34.1 Å². The van der Waals surface area contributed by atoms with Gasteiger partial charge < -0.3 is 5.73 Å². The van der Waals surface area contributed by atoms with Crippen molar-refractivity contribution >= 4 is 27.2 Å². The van der Waals surface area contributed by atoms with Gasteiger partial charge in [0.2, 0.25) is 0 Å². The zero-order valence-electron chi connectivity index (χ0n) is 10.5. The fourth-order valence-electron chi connectivity index (χ4n) is 2.28. The molecule has 98 valence electrons. The zero-order valence-corrected chi connectivity index (χ0v) is 11.3. The second-order valence-corrected chi connectivity index (χ2v) is 5.31. The van der Waals surface area contributed by atoms with Gasteiger partial charge in [0.15, 0.2) is 0 Å². The Morgan fingerprint density at radius 1 is 1.32 bits per heavy atom. The van der Waals surface area contributed by atoms with E-state index in [0.717, 1.165) is 11.1 Å². The lowest BCUT2D eigenvalue weighted by Crippen LogP contribution is -2.29. The standard InChI is InChI=1S/C13H15N5S/c1-18-13(14)10(7-16-18)11(17-15)9-4-2-3-8-5-6-19-12(8)9/h2-7,11,17H,14-15H2,1H3. The van der Waals surface area contributed by atoms with Crippen LogP contribution in [0.15, 0.2) is 35.8 Å². The SMILES string of the molecule is Cn1ncc(C(NN)c2cccc3ccsc23)c1N. The van der Waals surface area contributed by atoms with E-state index in [1.165, 1.54) is 10.1 Å². The van der Waals surface area contributed by atoms with Crippen LogP contribution >= 0.6 is 11.3 Å². The summed E-state index contributed by atoms with van der Waals surface area (Å²) >= 11 is 1.70. The van der Waals surface area contributed by atoms with Crippen molar-refractivity contribution in [2.45, 2.75) is 6.04 Å². The number of fused-ring (bicyclic) bond motifs is 1. The van der Waals surface area contributed by atoms with Crippen LogP contribution in [0.25, 0.3) is 10.1 Å². The third-order valence-electron chi connectivity index (χ3n) is 3.31. The predicted molar refractivity (Wildman–Crippen MR) is 78.6 cm³/mol. The topological polar surface area (TPSA) is 81.9 Å². The molecule has 5 nitrogen and oxygen atoms in total. The van der Waals surface area contributed by atoms with Crippen LogP contribution < -0.4 is 17.0 Å². The summed E-state index contributed by atoms with van der Waals surface area (Å²) in [6, 6.07) is 8.13. The normalized spacial score (nSPS) is 12.9. The molecule has 0 aliphatic carbocycles. The maximum Gasteiger partial charge on any atom is 0.126 e. The Labute approximate surface area is 114 Å². The van der Waals surface area contributed by atoms with Gasteiger partial charge in [0.25, 0.3) is 0 Å². The Hall–Kier alpha value is -1.89. The number of nitrogen functional groups attached to an aromatic ring is 1. The van der Waals surface area contributed by atoms with Gasteiger partial charge in [-0.05, 0) is 22.4 Å². The number of nitrogens with zero attached hydrogens (tertiary/aromatic N) is 2. The molecule has 0 bridgehead atoms. The molecule has 0 aliphatic heterocycles. The van der Waals surface area contributed by atoms with Crippen molar-refractivity contribution in [2.24, 2.45) is 12.9 Å². The number of nitrogens with two attached hydrogens (primary N) is 2. The van der Waals surface area contributed by atoms with Crippen molar-refractivity contribution in [3.63, 3.8) is 0 Å². The molecule has 0 radical (unpaired) electrons. The summed E-state index contributed by atoms with van der Waals surface area (Å²) in [5.74, 6) is 6.36. The molecule has 0 aliphatic rings. The molecule has 0 saturated carbocycles. The van der Waals surface area contributed by atoms with E-state index in [-0.39, 0.29) is 6.04 Å². The average Bonchev–Trinajstić information content (AvgIpc) is 3.01. The number of anilines is 1. The van der Waals surface area contributed by atoms with Gasteiger partial charge in [0.1, 0.15) is 5.82 Å². The Morgan fingerprint density at radius 2 is 2.16 bits per heavy atom. The number of aromatic nitrogens is 2. The molecule has 5 N–H and O–H groups in total. The first kappa shape index (κ1) is 12.2. The summed E-state index contributed by atoms with van der Waals surface area (Å²) < 4.78 is 2.86. The predicted octanol–water partition coefficient (Wildman–Crippen LogP) is 1.77. The third-order valence-corrected chi connectivity index (χ3v) is 4.29. The lowest BCUT2D eigenvalue weighted by molar-refractivity contribution is 0.642. The van der Waals surface area contributed by atoms with Crippen LogP contribution in [-0.4, -0.2) is 9.78 Å². The van der Waals surface area contributed by atoms with Gasteiger partial charge in [-0.2, -0.15) is 5.10 Å². The van der Waals surface area contributed by atoms with Crippen molar-refractivity contribution < 1.29 is 0 Å². The highest BCUT2D eigenvalue weighted by Gasteiger charge is 2.20. The minimum atomic E-state index is -0.156. The number of thiophene rings is 1. The lowest BCUT2D eigenvalue weighted by Gasteiger charge is -2.16. The lowest BCUT2D eigenvalue weighted by atomic mass is 10.0. The summed E-state index contributed by atoms with van der Waals surface area (Å²) in [4.78, 5) is 0. The molecule has 1 aromatic carbocycles. The Kier molecular flexibility index (Phi) is 2.98. The summed E-state index contributed by atoms with van der Waals surface area (Å²) in [5, 5.41) is 7.47. The van der Waals surface area contributed by atoms with Crippen molar-refractivity contribution in [1.82, 2.24) is 15.2 Å². The summed E-state index contributed by atoms with van der Waals surface area (Å²) in [6.45, 7) is 0. The van der Waals surface area contributed by atoms with E-state index in [0.29, 0.717) is 5.82 Å². The van der Waals surface area contributed by atoms with Crippen LogP contribution in [0.2, 0.25) is 0 Å². The van der Waals surface area contributed by atoms with Crippen LogP contribution in [0.3, 0.4) is 0 Å². The fourth-order valence-corrected chi connectivity index (χ4v) is 3.22. The fraction of sp³-hybridized carbons (Fsp3) is 0.154. The molecule has 3 rings (SSSR count). The van der Waals surface area contributed by atoms with Crippen LogP contribution in [0, 0.1) is 0 Å². The first-order valence-corrected chi connectivity index (χ1v) is 6.80. The molecular weight excluding hydrogens is 258 g/mol. The van der Waals surface area contributed by atoms with Crippen LogP contribution in [0.5, 0.6) is 0 Å². The first-order valence-electron chi connectivity index (χ1n) is 5.92. The van der Waals surface area contributed by atoms with E-state index in [1.807, 2.05) is 13.1 Å².